The zero-order valence-electron chi connectivity index (χ0n) is 10.3. The third kappa shape index (κ3) is 3.33. The highest BCUT2D eigenvalue weighted by Gasteiger charge is 2.17. The summed E-state index contributed by atoms with van der Waals surface area (Å²) in [5, 5.41) is 0. The predicted molar refractivity (Wildman–Crippen MR) is 79.0 cm³/mol. The summed E-state index contributed by atoms with van der Waals surface area (Å²) in [4.78, 5) is 3.48. The molecule has 1 aromatic heterocycles. The van der Waals surface area contributed by atoms with E-state index in [0.717, 1.165) is 10.9 Å². The van der Waals surface area contributed by atoms with Crippen LogP contribution in [-0.2, 0) is 6.54 Å². The molecule has 2 nitrogen and oxygen atoms in total. The molecule has 2 N–H and O–H groups in total. The van der Waals surface area contributed by atoms with Gasteiger partial charge in [-0.3, -0.25) is 4.90 Å². The SMILES string of the molecule is CN(Cc1ccccc1)C(CN)c1ccc(Cl)s1. The first kappa shape index (κ1) is 13.6. The first-order valence-electron chi connectivity index (χ1n) is 5.90. The van der Waals surface area contributed by atoms with Gasteiger partial charge in [0.15, 0.2) is 0 Å². The Morgan fingerprint density at radius 3 is 2.50 bits per heavy atom. The lowest BCUT2D eigenvalue weighted by atomic mass is 10.1. The summed E-state index contributed by atoms with van der Waals surface area (Å²) < 4.78 is 0.816. The summed E-state index contributed by atoms with van der Waals surface area (Å²) >= 11 is 7.59. The smallest absolute Gasteiger partial charge is 0.0931 e. The normalized spacial score (nSPS) is 12.9. The van der Waals surface area contributed by atoms with Crippen molar-refractivity contribution in [1.82, 2.24) is 4.90 Å². The standard InChI is InChI=1S/C14H17ClN2S/c1-17(10-11-5-3-2-4-6-11)12(9-16)13-7-8-14(15)18-13/h2-8,12H,9-10,16H2,1H3. The van der Waals surface area contributed by atoms with Gasteiger partial charge in [0, 0.05) is 18.0 Å². The molecular formula is C14H17ClN2S. The van der Waals surface area contributed by atoms with Crippen molar-refractivity contribution in [2.24, 2.45) is 5.73 Å². The maximum Gasteiger partial charge on any atom is 0.0931 e. The quantitative estimate of drug-likeness (QED) is 0.908. The number of nitrogens with two attached hydrogens (primary N) is 1. The second kappa shape index (κ2) is 6.34. The molecule has 0 fully saturated rings. The van der Waals surface area contributed by atoms with Crippen molar-refractivity contribution >= 4 is 22.9 Å². The van der Waals surface area contributed by atoms with Gasteiger partial charge in [0.05, 0.1) is 10.4 Å². The molecule has 96 valence electrons. The minimum atomic E-state index is 0.225. The predicted octanol–water partition coefficient (Wildman–Crippen LogP) is 3.53. The fourth-order valence-electron chi connectivity index (χ4n) is 2.00. The lowest BCUT2D eigenvalue weighted by Gasteiger charge is -2.26. The lowest BCUT2D eigenvalue weighted by molar-refractivity contribution is 0.245. The molecular weight excluding hydrogens is 264 g/mol. The number of halogens is 1. The van der Waals surface area contributed by atoms with Crippen molar-refractivity contribution in [3.05, 3.63) is 57.2 Å². The van der Waals surface area contributed by atoms with E-state index in [1.165, 1.54) is 10.4 Å². The second-order valence-corrected chi connectivity index (χ2v) is 6.04. The average Bonchev–Trinajstić information content (AvgIpc) is 2.78. The summed E-state index contributed by atoms with van der Waals surface area (Å²) in [6.07, 6.45) is 0. The van der Waals surface area contributed by atoms with E-state index in [4.69, 9.17) is 17.3 Å². The van der Waals surface area contributed by atoms with Gasteiger partial charge in [-0.25, -0.2) is 0 Å². The molecule has 0 spiro atoms. The van der Waals surface area contributed by atoms with E-state index in [1.807, 2.05) is 12.1 Å². The first-order chi connectivity index (χ1) is 8.70. The van der Waals surface area contributed by atoms with Gasteiger partial charge in [0.1, 0.15) is 0 Å². The Hall–Kier alpha value is -0.870. The van der Waals surface area contributed by atoms with Crippen LogP contribution in [0.1, 0.15) is 16.5 Å². The first-order valence-corrected chi connectivity index (χ1v) is 7.09. The van der Waals surface area contributed by atoms with Crippen LogP contribution in [0.3, 0.4) is 0 Å². The van der Waals surface area contributed by atoms with Crippen LogP contribution in [0.4, 0.5) is 0 Å². The number of hydrogen-bond acceptors (Lipinski definition) is 3. The lowest BCUT2D eigenvalue weighted by Crippen LogP contribution is -2.29. The summed E-state index contributed by atoms with van der Waals surface area (Å²) in [6, 6.07) is 14.6. The highest BCUT2D eigenvalue weighted by Crippen LogP contribution is 2.30. The Balaban J connectivity index is 2.08. The fraction of sp³-hybridized carbons (Fsp3) is 0.286. The molecule has 0 bridgehead atoms. The molecule has 4 heteroatoms. The van der Waals surface area contributed by atoms with E-state index >= 15 is 0 Å². The van der Waals surface area contributed by atoms with Crippen molar-refractivity contribution in [2.45, 2.75) is 12.6 Å². The van der Waals surface area contributed by atoms with Crippen LogP contribution in [0, 0.1) is 0 Å². The van der Waals surface area contributed by atoms with Crippen LogP contribution in [-0.4, -0.2) is 18.5 Å². The third-order valence-corrected chi connectivity index (χ3v) is 4.28. The number of nitrogens with zero attached hydrogens (tertiary/aromatic N) is 1. The minimum Gasteiger partial charge on any atom is -0.329 e. The van der Waals surface area contributed by atoms with Gasteiger partial charge >= 0.3 is 0 Å². The second-order valence-electron chi connectivity index (χ2n) is 4.29. The highest BCUT2D eigenvalue weighted by atomic mass is 35.5. The topological polar surface area (TPSA) is 29.3 Å². The summed E-state index contributed by atoms with van der Waals surface area (Å²) in [5.41, 5.74) is 7.18. The number of hydrogen-bond donors (Lipinski definition) is 1. The molecule has 0 aliphatic rings. The van der Waals surface area contributed by atoms with Crippen molar-refractivity contribution in [3.8, 4) is 0 Å². The number of likely N-dealkylation sites (N-methyl/N-ethyl adjacent to an activating group) is 1. The van der Waals surface area contributed by atoms with Gasteiger partial charge in [0.25, 0.3) is 0 Å². The third-order valence-electron chi connectivity index (χ3n) is 2.95. The molecule has 0 radical (unpaired) electrons. The molecule has 0 saturated carbocycles. The monoisotopic (exact) mass is 280 g/mol. The molecule has 18 heavy (non-hydrogen) atoms. The summed E-state index contributed by atoms with van der Waals surface area (Å²) in [5.74, 6) is 0. The zero-order valence-corrected chi connectivity index (χ0v) is 11.9. The van der Waals surface area contributed by atoms with Gasteiger partial charge in [0.2, 0.25) is 0 Å². The summed E-state index contributed by atoms with van der Waals surface area (Å²) in [6.45, 7) is 1.48. The zero-order chi connectivity index (χ0) is 13.0. The Labute approximate surface area is 117 Å². The van der Waals surface area contributed by atoms with Gasteiger partial charge < -0.3 is 5.73 Å². The Bertz CT molecular complexity index is 484. The largest absolute Gasteiger partial charge is 0.329 e. The molecule has 2 aromatic rings. The molecule has 1 unspecified atom stereocenters. The van der Waals surface area contributed by atoms with Crippen LogP contribution < -0.4 is 5.73 Å². The molecule has 1 heterocycles. The van der Waals surface area contributed by atoms with Crippen molar-refractivity contribution in [2.75, 3.05) is 13.6 Å². The maximum atomic E-state index is 5.99. The Morgan fingerprint density at radius 1 is 1.22 bits per heavy atom. The number of benzene rings is 1. The summed E-state index contributed by atoms with van der Waals surface area (Å²) in [7, 11) is 2.10. The molecule has 1 aromatic carbocycles. The van der Waals surface area contributed by atoms with Crippen LogP contribution in [0.2, 0.25) is 4.34 Å². The average molecular weight is 281 g/mol. The van der Waals surface area contributed by atoms with Crippen LogP contribution in [0.5, 0.6) is 0 Å². The van der Waals surface area contributed by atoms with E-state index in [9.17, 15) is 0 Å². The van der Waals surface area contributed by atoms with Crippen LogP contribution >= 0.6 is 22.9 Å². The fourth-order valence-corrected chi connectivity index (χ4v) is 3.24. The highest BCUT2D eigenvalue weighted by molar-refractivity contribution is 7.16. The van der Waals surface area contributed by atoms with Crippen molar-refractivity contribution in [1.29, 1.82) is 0 Å². The van der Waals surface area contributed by atoms with E-state index < -0.39 is 0 Å². The molecule has 1 atom stereocenters. The van der Waals surface area contributed by atoms with Gasteiger partial charge in [-0.15, -0.1) is 11.3 Å². The van der Waals surface area contributed by atoms with E-state index in [0.29, 0.717) is 6.54 Å². The van der Waals surface area contributed by atoms with Crippen molar-refractivity contribution in [3.63, 3.8) is 0 Å². The molecule has 0 aliphatic heterocycles. The van der Waals surface area contributed by atoms with E-state index in [-0.39, 0.29) is 6.04 Å². The van der Waals surface area contributed by atoms with Crippen LogP contribution in [0.15, 0.2) is 42.5 Å². The number of thiophene rings is 1. The van der Waals surface area contributed by atoms with E-state index in [2.05, 4.69) is 42.3 Å². The van der Waals surface area contributed by atoms with E-state index in [1.54, 1.807) is 11.3 Å². The Kier molecular flexibility index (Phi) is 4.78. The van der Waals surface area contributed by atoms with Gasteiger partial charge in [-0.05, 0) is 24.7 Å². The van der Waals surface area contributed by atoms with Crippen LogP contribution in [0.25, 0.3) is 0 Å². The molecule has 0 aliphatic carbocycles. The maximum absolute atomic E-state index is 5.99. The van der Waals surface area contributed by atoms with Crippen molar-refractivity contribution < 1.29 is 0 Å². The van der Waals surface area contributed by atoms with Gasteiger partial charge in [-0.1, -0.05) is 41.9 Å². The minimum absolute atomic E-state index is 0.225. The Morgan fingerprint density at radius 2 is 1.94 bits per heavy atom. The van der Waals surface area contributed by atoms with Gasteiger partial charge in [-0.2, -0.15) is 0 Å². The number of rotatable bonds is 5. The molecule has 2 rings (SSSR count). The molecule has 0 saturated heterocycles. The molecule has 0 amide bonds.